The fourth-order valence-electron chi connectivity index (χ4n) is 4.22. The van der Waals surface area contributed by atoms with Gasteiger partial charge >= 0.3 is 5.82 Å². The zero-order valence-electron chi connectivity index (χ0n) is 22.7. The molecule has 37 heavy (non-hydrogen) atoms. The van der Waals surface area contributed by atoms with E-state index in [9.17, 15) is 0 Å². The number of hydrogen-bond acceptors (Lipinski definition) is 6. The molecule has 1 saturated heterocycles. The fraction of sp³-hybridized carbons (Fsp3) is 0.345. The van der Waals surface area contributed by atoms with Crippen molar-refractivity contribution in [2.75, 3.05) is 51.1 Å². The molecule has 0 bridgehead atoms. The second-order valence-corrected chi connectivity index (χ2v) is 9.83. The lowest BCUT2D eigenvalue weighted by Gasteiger charge is -2.34. The van der Waals surface area contributed by atoms with Crippen LogP contribution in [0.15, 0.2) is 77.3 Å². The lowest BCUT2D eigenvalue weighted by Crippen LogP contribution is -2.42. The predicted molar refractivity (Wildman–Crippen MR) is 153 cm³/mol. The average molecular weight is 501 g/mol. The summed E-state index contributed by atoms with van der Waals surface area (Å²) in [7, 11) is 8.14. The Bertz CT molecular complexity index is 1150. The molecule has 4 rings (SSSR count). The lowest BCUT2D eigenvalue weighted by molar-refractivity contribution is -0.679. The molecule has 1 aromatic heterocycles. The Kier molecular flexibility index (Phi) is 8.40. The maximum atomic E-state index is 5.88. The van der Waals surface area contributed by atoms with Crippen molar-refractivity contribution in [2.45, 2.75) is 26.1 Å². The first-order valence-electron chi connectivity index (χ1n) is 12.6. The summed E-state index contributed by atoms with van der Waals surface area (Å²) in [5.41, 5.74) is 4.37. The fourth-order valence-corrected chi connectivity index (χ4v) is 4.22. The summed E-state index contributed by atoms with van der Waals surface area (Å²) in [5, 5.41) is 9.47. The first-order chi connectivity index (χ1) is 17.8. The van der Waals surface area contributed by atoms with Crippen LogP contribution in [-0.2, 0) is 4.74 Å². The minimum atomic E-state index is 0.193. The molecule has 0 radical (unpaired) electrons. The van der Waals surface area contributed by atoms with Crippen molar-refractivity contribution in [1.29, 1.82) is 0 Å². The third-order valence-electron chi connectivity index (χ3n) is 6.18. The van der Waals surface area contributed by atoms with E-state index >= 15 is 0 Å². The van der Waals surface area contributed by atoms with E-state index in [4.69, 9.17) is 14.9 Å². The van der Waals surface area contributed by atoms with Crippen molar-refractivity contribution in [1.82, 2.24) is 9.58 Å². The van der Waals surface area contributed by atoms with Crippen LogP contribution in [0.1, 0.15) is 30.8 Å². The van der Waals surface area contributed by atoms with E-state index in [1.807, 2.05) is 62.4 Å². The van der Waals surface area contributed by atoms with Gasteiger partial charge in [0.05, 0.1) is 24.6 Å². The van der Waals surface area contributed by atoms with Crippen LogP contribution in [-0.4, -0.2) is 75.5 Å². The van der Waals surface area contributed by atoms with Crippen LogP contribution >= 0.6 is 0 Å². The van der Waals surface area contributed by atoms with Crippen molar-refractivity contribution in [3.63, 3.8) is 0 Å². The van der Waals surface area contributed by atoms with Gasteiger partial charge in [-0.3, -0.25) is 0 Å². The highest BCUT2D eigenvalue weighted by molar-refractivity contribution is 5.80. The Labute approximate surface area is 220 Å². The molecule has 2 atom stereocenters. The third-order valence-corrected chi connectivity index (χ3v) is 6.18. The summed E-state index contributed by atoms with van der Waals surface area (Å²) in [4.78, 5) is 6.45. The van der Waals surface area contributed by atoms with Gasteiger partial charge in [0.15, 0.2) is 12.4 Å². The molecular formula is C29H38N7O+. The molecule has 0 aliphatic carbocycles. The summed E-state index contributed by atoms with van der Waals surface area (Å²) in [6.45, 7) is 5.92. The number of hydrogen-bond donors (Lipinski definition) is 0. The molecule has 0 saturated carbocycles. The van der Waals surface area contributed by atoms with Crippen molar-refractivity contribution >= 4 is 29.9 Å². The summed E-state index contributed by atoms with van der Waals surface area (Å²) in [6.07, 6.45) is 12.1. The molecule has 1 aliphatic rings. The SMILES string of the molecule is C[C@@H]1CN(C=Cc2n(N=Cc3ccc(N(C)C)cc3)cc[n+]2N=Cc2ccc(N(C)C)cc2)C[C@H](C)O1. The smallest absolute Gasteiger partial charge is 0.334 e. The Morgan fingerprint density at radius 1 is 0.838 bits per heavy atom. The first-order valence-corrected chi connectivity index (χ1v) is 12.6. The number of imidazole rings is 1. The Morgan fingerprint density at radius 2 is 1.38 bits per heavy atom. The maximum absolute atomic E-state index is 5.88. The third kappa shape index (κ3) is 7.07. The van der Waals surface area contributed by atoms with Gasteiger partial charge in [-0.2, -0.15) is 0 Å². The van der Waals surface area contributed by atoms with Crippen LogP contribution in [0.25, 0.3) is 6.08 Å². The lowest BCUT2D eigenvalue weighted by atomic mass is 10.2. The van der Waals surface area contributed by atoms with Gasteiger partial charge in [-0.05, 0) is 49.2 Å². The van der Waals surface area contributed by atoms with Crippen LogP contribution in [0, 0.1) is 0 Å². The van der Waals surface area contributed by atoms with Crippen LogP contribution in [0.5, 0.6) is 0 Å². The minimum absolute atomic E-state index is 0.193. The van der Waals surface area contributed by atoms with Crippen LogP contribution in [0.4, 0.5) is 11.4 Å². The second-order valence-electron chi connectivity index (χ2n) is 9.83. The summed E-state index contributed by atoms with van der Waals surface area (Å²) >= 11 is 0. The molecule has 0 spiro atoms. The van der Waals surface area contributed by atoms with Crippen molar-refractivity contribution in [3.8, 4) is 0 Å². The zero-order valence-corrected chi connectivity index (χ0v) is 22.7. The zero-order chi connectivity index (χ0) is 26.4. The highest BCUT2D eigenvalue weighted by Gasteiger charge is 2.21. The standard InChI is InChI=1S/C29H38N7O/c1-23-21-34(22-24(2)37-23)16-15-29-35(30-19-25-7-11-27(12-8-25)32(3)4)17-18-36(29)31-20-26-9-13-28(14-10-26)33(5)6/h7-20,23-24H,21-22H2,1-6H3/q+1/t23-,24+. The molecule has 0 unspecified atom stereocenters. The highest BCUT2D eigenvalue weighted by atomic mass is 16.5. The number of anilines is 2. The normalized spacial score (nSPS) is 18.4. The second kappa shape index (κ2) is 11.9. The van der Waals surface area contributed by atoms with Gasteiger partial charge in [0, 0.05) is 64.9 Å². The Balaban J connectivity index is 1.60. The van der Waals surface area contributed by atoms with E-state index in [-0.39, 0.29) is 12.2 Å². The molecule has 3 aromatic rings. The Hall–Kier alpha value is -3.91. The first kappa shape index (κ1) is 26.2. The molecule has 8 nitrogen and oxygen atoms in total. The van der Waals surface area contributed by atoms with E-state index in [1.54, 1.807) is 0 Å². The van der Waals surface area contributed by atoms with Crippen LogP contribution in [0.3, 0.4) is 0 Å². The maximum Gasteiger partial charge on any atom is 0.334 e. The van der Waals surface area contributed by atoms with Gasteiger partial charge in [0.1, 0.15) is 0 Å². The topological polar surface area (TPSA) is 52.5 Å². The van der Waals surface area contributed by atoms with Gasteiger partial charge in [-0.1, -0.05) is 43.8 Å². The van der Waals surface area contributed by atoms with Gasteiger partial charge in [0.2, 0.25) is 0 Å². The highest BCUT2D eigenvalue weighted by Crippen LogP contribution is 2.14. The summed E-state index contributed by atoms with van der Waals surface area (Å²) in [6, 6.07) is 16.6. The number of ether oxygens (including phenoxy) is 1. The molecule has 0 N–H and O–H groups in total. The van der Waals surface area contributed by atoms with Crippen molar-refractivity contribution in [2.24, 2.45) is 10.2 Å². The van der Waals surface area contributed by atoms with Crippen LogP contribution in [0.2, 0.25) is 0 Å². The molecular weight excluding hydrogens is 462 g/mol. The van der Waals surface area contributed by atoms with Crippen molar-refractivity contribution < 1.29 is 9.41 Å². The van der Waals surface area contributed by atoms with Gasteiger partial charge in [-0.15, -0.1) is 0 Å². The molecule has 0 amide bonds. The van der Waals surface area contributed by atoms with E-state index < -0.39 is 0 Å². The van der Waals surface area contributed by atoms with Gasteiger partial charge in [0.25, 0.3) is 0 Å². The number of benzene rings is 2. The number of aromatic nitrogens is 2. The van der Waals surface area contributed by atoms with E-state index in [2.05, 4.69) is 89.4 Å². The summed E-state index contributed by atoms with van der Waals surface area (Å²) in [5.74, 6) is 0.842. The molecule has 8 heteroatoms. The molecule has 2 heterocycles. The average Bonchev–Trinajstić information content (AvgIpc) is 3.26. The largest absolute Gasteiger partial charge is 0.378 e. The quantitative estimate of drug-likeness (QED) is 0.349. The number of rotatable bonds is 8. The number of nitrogens with zero attached hydrogens (tertiary/aromatic N) is 7. The molecule has 194 valence electrons. The van der Waals surface area contributed by atoms with Crippen molar-refractivity contribution in [3.05, 3.63) is 84.1 Å². The summed E-state index contributed by atoms with van der Waals surface area (Å²) < 4.78 is 9.57. The Morgan fingerprint density at radius 3 is 1.92 bits per heavy atom. The molecule has 1 fully saturated rings. The molecule has 1 aliphatic heterocycles. The number of morpholine rings is 1. The molecule has 2 aromatic carbocycles. The van der Waals surface area contributed by atoms with Crippen LogP contribution < -0.4 is 14.5 Å². The van der Waals surface area contributed by atoms with Gasteiger partial charge < -0.3 is 19.4 Å². The predicted octanol–water partition coefficient (Wildman–Crippen LogP) is 3.75. The monoisotopic (exact) mass is 500 g/mol. The minimum Gasteiger partial charge on any atom is -0.378 e. The van der Waals surface area contributed by atoms with E-state index in [1.165, 1.54) is 0 Å². The van der Waals surface area contributed by atoms with Gasteiger partial charge in [-0.25, -0.2) is 0 Å². The van der Waals surface area contributed by atoms with E-state index in [0.717, 1.165) is 41.4 Å². The van der Waals surface area contributed by atoms with E-state index in [0.29, 0.717) is 0 Å².